The molecule has 1 aromatic carbocycles. The molecule has 2 aromatic rings. The Labute approximate surface area is 164 Å². The van der Waals surface area contributed by atoms with Gasteiger partial charge in [0.2, 0.25) is 11.8 Å². The Hall–Kier alpha value is -2.77. The van der Waals surface area contributed by atoms with Gasteiger partial charge in [-0.15, -0.1) is 5.10 Å². The Morgan fingerprint density at radius 1 is 1.18 bits per heavy atom. The van der Waals surface area contributed by atoms with E-state index in [2.05, 4.69) is 22.4 Å². The van der Waals surface area contributed by atoms with E-state index in [1.54, 1.807) is 4.68 Å². The van der Waals surface area contributed by atoms with Gasteiger partial charge in [0.15, 0.2) is 5.82 Å². The van der Waals surface area contributed by atoms with Crippen LogP contribution in [-0.4, -0.2) is 67.5 Å². The number of nitrogens with zero attached hydrogens (tertiary/aromatic N) is 6. The van der Waals surface area contributed by atoms with E-state index in [0.29, 0.717) is 25.3 Å². The summed E-state index contributed by atoms with van der Waals surface area (Å²) in [6.07, 6.45) is 3.19. The topological polar surface area (TPSA) is 84.2 Å². The lowest BCUT2D eigenvalue weighted by Gasteiger charge is -2.35. The maximum absolute atomic E-state index is 12.9. The molecule has 1 aromatic heterocycles. The van der Waals surface area contributed by atoms with Crippen LogP contribution in [0.15, 0.2) is 24.3 Å². The number of fused-ring (bicyclic) bond motifs is 4. The average molecular weight is 382 g/mol. The van der Waals surface area contributed by atoms with Gasteiger partial charge in [0.1, 0.15) is 0 Å². The Balaban J connectivity index is 1.44. The SMILES string of the molecule is CCCN1C(=O)[C@@H]2CC[C@H]1CN(C(=O)Cc1ccc(-n3nnnc3C)cc1)C2. The quantitative estimate of drug-likeness (QED) is 0.780. The molecule has 0 aliphatic carbocycles. The van der Waals surface area contributed by atoms with Crippen LogP contribution in [0.25, 0.3) is 5.69 Å². The summed E-state index contributed by atoms with van der Waals surface area (Å²) in [6.45, 7) is 5.93. The summed E-state index contributed by atoms with van der Waals surface area (Å²) in [5.41, 5.74) is 1.82. The van der Waals surface area contributed by atoms with Crippen molar-refractivity contribution in [1.82, 2.24) is 30.0 Å². The van der Waals surface area contributed by atoms with Gasteiger partial charge in [0.25, 0.3) is 0 Å². The molecule has 2 atom stereocenters. The van der Waals surface area contributed by atoms with Crippen LogP contribution in [0.3, 0.4) is 0 Å². The molecule has 28 heavy (non-hydrogen) atoms. The average Bonchev–Trinajstić information content (AvgIpc) is 2.94. The second-order valence-corrected chi connectivity index (χ2v) is 7.74. The van der Waals surface area contributed by atoms with Crippen LogP contribution < -0.4 is 0 Å². The first-order valence-corrected chi connectivity index (χ1v) is 9.99. The summed E-state index contributed by atoms with van der Waals surface area (Å²) in [6, 6.07) is 7.89. The molecule has 0 N–H and O–H groups in total. The largest absolute Gasteiger partial charge is 0.340 e. The van der Waals surface area contributed by atoms with E-state index >= 15 is 0 Å². The maximum Gasteiger partial charge on any atom is 0.227 e. The molecule has 8 nitrogen and oxygen atoms in total. The number of hydrogen-bond donors (Lipinski definition) is 0. The summed E-state index contributed by atoms with van der Waals surface area (Å²) in [4.78, 5) is 29.5. The number of aromatic nitrogens is 4. The normalized spacial score (nSPS) is 21.9. The summed E-state index contributed by atoms with van der Waals surface area (Å²) < 4.78 is 1.66. The molecule has 0 saturated carbocycles. The number of hydrogen-bond acceptors (Lipinski definition) is 5. The lowest BCUT2D eigenvalue weighted by Crippen LogP contribution is -2.48. The lowest BCUT2D eigenvalue weighted by atomic mass is 9.94. The van der Waals surface area contributed by atoms with E-state index in [1.165, 1.54) is 0 Å². The minimum Gasteiger partial charge on any atom is -0.340 e. The molecule has 8 heteroatoms. The van der Waals surface area contributed by atoms with E-state index in [0.717, 1.165) is 37.1 Å². The molecule has 3 aliphatic rings. The number of carbonyl (C=O) groups is 2. The molecule has 0 unspecified atom stereocenters. The molecule has 0 radical (unpaired) electrons. The van der Waals surface area contributed by atoms with Crippen LogP contribution in [-0.2, 0) is 16.0 Å². The van der Waals surface area contributed by atoms with Crippen LogP contribution in [0, 0.1) is 12.8 Å². The van der Waals surface area contributed by atoms with Gasteiger partial charge in [0.05, 0.1) is 18.0 Å². The number of amides is 2. The van der Waals surface area contributed by atoms with Crippen molar-refractivity contribution in [2.75, 3.05) is 19.6 Å². The molecule has 5 rings (SSSR count). The molecule has 148 valence electrons. The first-order valence-electron chi connectivity index (χ1n) is 9.99. The van der Waals surface area contributed by atoms with Gasteiger partial charge in [-0.2, -0.15) is 4.68 Å². The monoisotopic (exact) mass is 382 g/mol. The highest BCUT2D eigenvalue weighted by atomic mass is 16.2. The summed E-state index contributed by atoms with van der Waals surface area (Å²) >= 11 is 0. The summed E-state index contributed by atoms with van der Waals surface area (Å²) in [7, 11) is 0. The highest BCUT2D eigenvalue weighted by Crippen LogP contribution is 2.29. The van der Waals surface area contributed by atoms with Crippen LogP contribution >= 0.6 is 0 Å². The molecule has 2 bridgehead atoms. The van der Waals surface area contributed by atoms with Crippen molar-refractivity contribution in [3.8, 4) is 5.69 Å². The third kappa shape index (κ3) is 3.50. The Bertz CT molecular complexity index is 862. The second kappa shape index (κ2) is 7.69. The number of aryl methyl sites for hydroxylation is 1. The molecule has 3 aliphatic heterocycles. The Morgan fingerprint density at radius 2 is 1.96 bits per heavy atom. The fourth-order valence-corrected chi connectivity index (χ4v) is 4.29. The zero-order chi connectivity index (χ0) is 19.7. The van der Waals surface area contributed by atoms with Gasteiger partial charge in [0, 0.05) is 25.7 Å². The van der Waals surface area contributed by atoms with Crippen LogP contribution in [0.4, 0.5) is 0 Å². The van der Waals surface area contributed by atoms with Crippen molar-refractivity contribution >= 4 is 11.8 Å². The van der Waals surface area contributed by atoms with Crippen LogP contribution in [0.2, 0.25) is 0 Å². The highest BCUT2D eigenvalue weighted by Gasteiger charge is 2.41. The van der Waals surface area contributed by atoms with Crippen molar-refractivity contribution in [3.05, 3.63) is 35.7 Å². The van der Waals surface area contributed by atoms with Gasteiger partial charge < -0.3 is 9.80 Å². The zero-order valence-corrected chi connectivity index (χ0v) is 16.4. The lowest BCUT2D eigenvalue weighted by molar-refractivity contribution is -0.139. The molecule has 2 amide bonds. The molecule has 3 saturated heterocycles. The Morgan fingerprint density at radius 3 is 2.64 bits per heavy atom. The summed E-state index contributed by atoms with van der Waals surface area (Å²) in [5, 5.41) is 11.5. The first-order chi connectivity index (χ1) is 13.6. The van der Waals surface area contributed by atoms with Crippen molar-refractivity contribution in [2.45, 2.75) is 45.6 Å². The number of carbonyl (C=O) groups excluding carboxylic acids is 2. The minimum absolute atomic E-state index is 0.0422. The maximum atomic E-state index is 12.9. The van der Waals surface area contributed by atoms with E-state index in [1.807, 2.05) is 41.0 Å². The summed E-state index contributed by atoms with van der Waals surface area (Å²) in [5.74, 6) is 0.994. The molecular weight excluding hydrogens is 356 g/mol. The fourth-order valence-electron chi connectivity index (χ4n) is 4.29. The van der Waals surface area contributed by atoms with E-state index in [-0.39, 0.29) is 23.8 Å². The second-order valence-electron chi connectivity index (χ2n) is 7.74. The van der Waals surface area contributed by atoms with Crippen molar-refractivity contribution in [1.29, 1.82) is 0 Å². The smallest absolute Gasteiger partial charge is 0.227 e. The van der Waals surface area contributed by atoms with Crippen LogP contribution in [0.5, 0.6) is 0 Å². The van der Waals surface area contributed by atoms with Crippen molar-refractivity contribution in [3.63, 3.8) is 0 Å². The molecule has 4 heterocycles. The van der Waals surface area contributed by atoms with Gasteiger partial charge >= 0.3 is 0 Å². The van der Waals surface area contributed by atoms with Crippen molar-refractivity contribution in [2.24, 2.45) is 5.92 Å². The number of benzene rings is 1. The first kappa shape index (κ1) is 18.6. The van der Waals surface area contributed by atoms with Gasteiger partial charge in [-0.05, 0) is 54.3 Å². The number of tetrazole rings is 1. The van der Waals surface area contributed by atoms with E-state index in [4.69, 9.17) is 0 Å². The van der Waals surface area contributed by atoms with Gasteiger partial charge in [-0.1, -0.05) is 19.1 Å². The third-order valence-electron chi connectivity index (χ3n) is 5.77. The van der Waals surface area contributed by atoms with Gasteiger partial charge in [-0.3, -0.25) is 9.59 Å². The van der Waals surface area contributed by atoms with Gasteiger partial charge in [-0.25, -0.2) is 0 Å². The molecular formula is C20H26N6O2. The third-order valence-corrected chi connectivity index (χ3v) is 5.77. The fraction of sp³-hybridized carbons (Fsp3) is 0.550. The highest BCUT2D eigenvalue weighted by molar-refractivity contribution is 5.84. The van der Waals surface area contributed by atoms with Crippen LogP contribution in [0.1, 0.15) is 37.6 Å². The minimum atomic E-state index is -0.0422. The molecule has 0 spiro atoms. The predicted octanol–water partition coefficient (Wildman–Crippen LogP) is 1.37. The zero-order valence-electron chi connectivity index (χ0n) is 16.4. The number of piperidine rings is 1. The molecule has 3 fully saturated rings. The Kier molecular flexibility index (Phi) is 5.11. The predicted molar refractivity (Wildman–Crippen MR) is 103 cm³/mol. The van der Waals surface area contributed by atoms with Crippen molar-refractivity contribution < 1.29 is 9.59 Å². The standard InChI is InChI=1S/C20H26N6O2/c1-3-10-25-18-9-6-16(20(25)28)12-24(13-18)19(27)11-15-4-7-17(8-5-15)26-14(2)21-22-23-26/h4-5,7-8,16,18H,3,6,9-13H2,1-2H3/t16-,18+/m1/s1. The number of rotatable bonds is 5. The van der Waals surface area contributed by atoms with E-state index in [9.17, 15) is 9.59 Å². The van der Waals surface area contributed by atoms with E-state index < -0.39 is 0 Å².